The van der Waals surface area contributed by atoms with Gasteiger partial charge in [-0.25, -0.2) is 0 Å². The summed E-state index contributed by atoms with van der Waals surface area (Å²) in [5.41, 5.74) is 0.784. The van der Waals surface area contributed by atoms with Crippen molar-refractivity contribution >= 4 is 17.5 Å². The maximum absolute atomic E-state index is 12.0. The number of carbonyl (C=O) groups is 1. The lowest BCUT2D eigenvalue weighted by molar-refractivity contribution is -0.125. The predicted octanol–water partition coefficient (Wildman–Crippen LogP) is 3.36. The van der Waals surface area contributed by atoms with Crippen LogP contribution in [0.3, 0.4) is 0 Å². The number of amides is 1. The minimum absolute atomic E-state index is 0.0341. The van der Waals surface area contributed by atoms with Gasteiger partial charge in [0, 0.05) is 16.5 Å². The zero-order chi connectivity index (χ0) is 15.4. The van der Waals surface area contributed by atoms with Crippen LogP contribution in [0.4, 0.5) is 0 Å². The highest BCUT2D eigenvalue weighted by Gasteiger charge is 2.19. The van der Waals surface area contributed by atoms with Crippen molar-refractivity contribution in [2.75, 3.05) is 0 Å². The highest BCUT2D eigenvalue weighted by molar-refractivity contribution is 6.30. The van der Waals surface area contributed by atoms with Crippen molar-refractivity contribution in [3.8, 4) is 11.4 Å². The molecule has 114 valence electrons. The molecule has 0 aliphatic heterocycles. The lowest BCUT2D eigenvalue weighted by atomic mass is 9.94. The van der Waals surface area contributed by atoms with Crippen LogP contribution in [-0.2, 0) is 11.3 Å². The summed E-state index contributed by atoms with van der Waals surface area (Å²) in [6, 6.07) is 7.23. The largest absolute Gasteiger partial charge is 0.347 e. The molecular formula is C16H16ClN3O2. The summed E-state index contributed by atoms with van der Waals surface area (Å²) < 4.78 is 5.16. The van der Waals surface area contributed by atoms with E-state index in [4.69, 9.17) is 16.1 Å². The molecule has 1 heterocycles. The molecule has 6 heteroatoms. The third-order valence-electron chi connectivity index (χ3n) is 3.60. The summed E-state index contributed by atoms with van der Waals surface area (Å²) in [4.78, 5) is 16.3. The third kappa shape index (κ3) is 3.54. The van der Waals surface area contributed by atoms with Gasteiger partial charge in [0.25, 0.3) is 0 Å². The first-order valence-corrected chi connectivity index (χ1v) is 7.61. The van der Waals surface area contributed by atoms with Gasteiger partial charge >= 0.3 is 0 Å². The van der Waals surface area contributed by atoms with Crippen molar-refractivity contribution in [3.05, 3.63) is 47.3 Å². The van der Waals surface area contributed by atoms with E-state index in [1.54, 1.807) is 12.1 Å². The molecular weight excluding hydrogens is 302 g/mol. The number of carbonyl (C=O) groups excluding carboxylic acids is 1. The molecule has 0 spiro atoms. The summed E-state index contributed by atoms with van der Waals surface area (Å²) in [5, 5.41) is 7.37. The number of rotatable bonds is 4. The van der Waals surface area contributed by atoms with E-state index in [9.17, 15) is 4.79 Å². The number of nitrogens with zero attached hydrogens (tertiary/aromatic N) is 2. The van der Waals surface area contributed by atoms with Gasteiger partial charge in [-0.2, -0.15) is 4.98 Å². The Hall–Kier alpha value is -2.14. The number of halogens is 1. The maximum atomic E-state index is 12.0. The van der Waals surface area contributed by atoms with E-state index in [0.717, 1.165) is 24.8 Å². The molecule has 0 radical (unpaired) electrons. The lowest BCUT2D eigenvalue weighted by Crippen LogP contribution is -2.30. The first kappa shape index (κ1) is 14.8. The smallest absolute Gasteiger partial charge is 0.246 e. The van der Waals surface area contributed by atoms with Gasteiger partial charge in [-0.15, -0.1) is 0 Å². The predicted molar refractivity (Wildman–Crippen MR) is 83.1 cm³/mol. The molecule has 0 saturated carbocycles. The Kier molecular flexibility index (Phi) is 4.53. The fourth-order valence-corrected chi connectivity index (χ4v) is 2.60. The van der Waals surface area contributed by atoms with Crippen LogP contribution in [0.2, 0.25) is 5.02 Å². The van der Waals surface area contributed by atoms with E-state index in [2.05, 4.69) is 27.6 Å². The fraction of sp³-hybridized carbons (Fsp3) is 0.312. The topological polar surface area (TPSA) is 68.0 Å². The van der Waals surface area contributed by atoms with Gasteiger partial charge < -0.3 is 9.84 Å². The highest BCUT2D eigenvalue weighted by Crippen LogP contribution is 2.20. The molecule has 22 heavy (non-hydrogen) atoms. The number of nitrogens with one attached hydrogen (secondary N) is 1. The summed E-state index contributed by atoms with van der Waals surface area (Å²) in [7, 11) is 0. The average molecular weight is 318 g/mol. The van der Waals surface area contributed by atoms with E-state index in [1.165, 1.54) is 0 Å². The summed E-state index contributed by atoms with van der Waals surface area (Å²) in [6.07, 6.45) is 6.80. The third-order valence-corrected chi connectivity index (χ3v) is 3.84. The molecule has 1 aliphatic rings. The molecule has 5 nitrogen and oxygen atoms in total. The number of benzene rings is 1. The first-order chi connectivity index (χ1) is 10.7. The van der Waals surface area contributed by atoms with E-state index >= 15 is 0 Å². The molecule has 1 aliphatic carbocycles. The van der Waals surface area contributed by atoms with Crippen molar-refractivity contribution in [2.24, 2.45) is 5.92 Å². The van der Waals surface area contributed by atoms with E-state index in [0.29, 0.717) is 16.7 Å². The van der Waals surface area contributed by atoms with Gasteiger partial charge in [-0.1, -0.05) is 41.0 Å². The Morgan fingerprint density at radius 3 is 3.09 bits per heavy atom. The van der Waals surface area contributed by atoms with Crippen LogP contribution >= 0.6 is 11.6 Å². The molecule has 0 unspecified atom stereocenters. The monoisotopic (exact) mass is 317 g/mol. The van der Waals surface area contributed by atoms with Crippen molar-refractivity contribution in [1.82, 2.24) is 15.5 Å². The molecule has 0 fully saturated rings. The van der Waals surface area contributed by atoms with Crippen LogP contribution < -0.4 is 5.32 Å². The molecule has 2 aromatic rings. The minimum atomic E-state index is 0.0341. The molecule has 1 aromatic carbocycles. The standard InChI is InChI=1S/C16H16ClN3O2/c17-13-8-4-7-12(9-13)15-19-14(22-20-15)10-18-16(21)11-5-2-1-3-6-11/h1-2,4,7-9,11H,3,5-6,10H2,(H,18,21)/t11-/m1/s1. The summed E-state index contributed by atoms with van der Waals surface area (Å²) in [5.74, 6) is 0.925. The summed E-state index contributed by atoms with van der Waals surface area (Å²) >= 11 is 5.94. The van der Waals surface area contributed by atoms with Crippen LogP contribution in [0.25, 0.3) is 11.4 Å². The second-order valence-corrected chi connectivity index (χ2v) is 5.66. The van der Waals surface area contributed by atoms with E-state index < -0.39 is 0 Å². The van der Waals surface area contributed by atoms with Crippen LogP contribution in [0, 0.1) is 5.92 Å². The number of aromatic nitrogens is 2. The summed E-state index contributed by atoms with van der Waals surface area (Å²) in [6.45, 7) is 0.243. The van der Waals surface area contributed by atoms with E-state index in [1.807, 2.05) is 12.1 Å². The van der Waals surface area contributed by atoms with E-state index in [-0.39, 0.29) is 18.4 Å². The van der Waals surface area contributed by atoms with Crippen molar-refractivity contribution in [3.63, 3.8) is 0 Å². The van der Waals surface area contributed by atoms with Gasteiger partial charge in [0.1, 0.15) is 0 Å². The Balaban J connectivity index is 1.60. The highest BCUT2D eigenvalue weighted by atomic mass is 35.5. The second kappa shape index (κ2) is 6.75. The average Bonchev–Trinajstić information content (AvgIpc) is 3.02. The molecule has 1 aromatic heterocycles. The SMILES string of the molecule is O=C(NCc1nc(-c2cccc(Cl)c2)no1)[C@@H]1CC=CCC1. The molecule has 0 saturated heterocycles. The molecule has 0 bridgehead atoms. The van der Waals surface area contributed by atoms with Crippen molar-refractivity contribution in [2.45, 2.75) is 25.8 Å². The fourth-order valence-electron chi connectivity index (χ4n) is 2.41. The molecule has 1 N–H and O–H groups in total. The normalized spacial score (nSPS) is 17.4. The minimum Gasteiger partial charge on any atom is -0.347 e. The van der Waals surface area contributed by atoms with Gasteiger partial charge in [0.05, 0.1) is 6.54 Å². The quantitative estimate of drug-likeness (QED) is 0.878. The van der Waals surface area contributed by atoms with Gasteiger partial charge in [-0.05, 0) is 31.4 Å². The van der Waals surface area contributed by atoms with Crippen molar-refractivity contribution in [1.29, 1.82) is 0 Å². The zero-order valence-electron chi connectivity index (χ0n) is 12.0. The Labute approximate surface area is 133 Å². The maximum Gasteiger partial charge on any atom is 0.246 e. The lowest BCUT2D eigenvalue weighted by Gasteiger charge is -2.16. The zero-order valence-corrected chi connectivity index (χ0v) is 12.7. The Morgan fingerprint density at radius 1 is 1.41 bits per heavy atom. The molecule has 3 rings (SSSR count). The van der Waals surface area contributed by atoms with Crippen LogP contribution in [-0.4, -0.2) is 16.0 Å². The molecule has 1 atom stereocenters. The number of allylic oxidation sites excluding steroid dienone is 2. The van der Waals surface area contributed by atoms with Gasteiger partial charge in [0.2, 0.25) is 17.6 Å². The first-order valence-electron chi connectivity index (χ1n) is 7.23. The second-order valence-electron chi connectivity index (χ2n) is 5.22. The van der Waals surface area contributed by atoms with Crippen molar-refractivity contribution < 1.29 is 9.32 Å². The van der Waals surface area contributed by atoms with Gasteiger partial charge in [0.15, 0.2) is 0 Å². The Morgan fingerprint density at radius 2 is 2.32 bits per heavy atom. The molecule has 1 amide bonds. The van der Waals surface area contributed by atoms with Crippen LogP contribution in [0.5, 0.6) is 0 Å². The van der Waals surface area contributed by atoms with Crippen LogP contribution in [0.15, 0.2) is 40.9 Å². The number of hydrogen-bond donors (Lipinski definition) is 1. The Bertz CT molecular complexity index is 696. The van der Waals surface area contributed by atoms with Crippen LogP contribution in [0.1, 0.15) is 25.2 Å². The number of hydrogen-bond acceptors (Lipinski definition) is 4. The van der Waals surface area contributed by atoms with Gasteiger partial charge in [-0.3, -0.25) is 4.79 Å².